The first-order valence-electron chi connectivity index (χ1n) is 6.38. The monoisotopic (exact) mass is 257 g/mol. The molecule has 3 heteroatoms. The van der Waals surface area contributed by atoms with Gasteiger partial charge in [0.25, 0.3) is 0 Å². The highest BCUT2D eigenvalue weighted by Gasteiger charge is 2.09. The van der Waals surface area contributed by atoms with Gasteiger partial charge in [-0.25, -0.2) is 0 Å². The lowest BCUT2D eigenvalue weighted by molar-refractivity contribution is 0.113. The molecule has 0 saturated heterocycles. The SMILES string of the molecule is CN(C[C@H](O)COc1ccccc1)c1ccccc1. The molecule has 0 spiro atoms. The predicted molar refractivity (Wildman–Crippen MR) is 77.7 cm³/mol. The maximum absolute atomic E-state index is 9.98. The van der Waals surface area contributed by atoms with Crippen molar-refractivity contribution in [3.05, 3.63) is 60.7 Å². The lowest BCUT2D eigenvalue weighted by Crippen LogP contribution is -2.33. The van der Waals surface area contributed by atoms with Crippen molar-refractivity contribution in [2.24, 2.45) is 0 Å². The molecule has 19 heavy (non-hydrogen) atoms. The van der Waals surface area contributed by atoms with Crippen molar-refractivity contribution in [2.45, 2.75) is 6.10 Å². The quantitative estimate of drug-likeness (QED) is 0.863. The van der Waals surface area contributed by atoms with Crippen LogP contribution in [-0.4, -0.2) is 31.4 Å². The van der Waals surface area contributed by atoms with Gasteiger partial charge in [-0.1, -0.05) is 36.4 Å². The van der Waals surface area contributed by atoms with Gasteiger partial charge in [-0.3, -0.25) is 0 Å². The summed E-state index contributed by atoms with van der Waals surface area (Å²) < 4.78 is 5.53. The van der Waals surface area contributed by atoms with Gasteiger partial charge in [-0.05, 0) is 24.3 Å². The van der Waals surface area contributed by atoms with Crippen LogP contribution in [0.4, 0.5) is 5.69 Å². The Morgan fingerprint density at radius 1 is 1.00 bits per heavy atom. The predicted octanol–water partition coefficient (Wildman–Crippen LogP) is 2.56. The van der Waals surface area contributed by atoms with E-state index in [2.05, 4.69) is 0 Å². The number of para-hydroxylation sites is 2. The number of nitrogens with zero attached hydrogens (tertiary/aromatic N) is 1. The molecule has 3 nitrogen and oxygen atoms in total. The third kappa shape index (κ3) is 4.30. The Morgan fingerprint density at radius 2 is 1.58 bits per heavy atom. The molecule has 100 valence electrons. The van der Waals surface area contributed by atoms with E-state index in [1.807, 2.05) is 72.6 Å². The van der Waals surface area contributed by atoms with E-state index >= 15 is 0 Å². The molecule has 0 saturated carbocycles. The lowest BCUT2D eigenvalue weighted by Gasteiger charge is -2.22. The Morgan fingerprint density at radius 3 is 2.21 bits per heavy atom. The number of anilines is 1. The smallest absolute Gasteiger partial charge is 0.119 e. The Labute approximate surface area is 114 Å². The number of hydrogen-bond acceptors (Lipinski definition) is 3. The largest absolute Gasteiger partial charge is 0.491 e. The number of aliphatic hydroxyl groups is 1. The maximum atomic E-state index is 9.98. The van der Waals surface area contributed by atoms with Gasteiger partial charge >= 0.3 is 0 Å². The topological polar surface area (TPSA) is 32.7 Å². The second-order valence-electron chi connectivity index (χ2n) is 4.49. The van der Waals surface area contributed by atoms with Crippen molar-refractivity contribution in [1.29, 1.82) is 0 Å². The first-order chi connectivity index (χ1) is 9.25. The summed E-state index contributed by atoms with van der Waals surface area (Å²) in [4.78, 5) is 2.01. The van der Waals surface area contributed by atoms with E-state index in [1.165, 1.54) is 0 Å². The lowest BCUT2D eigenvalue weighted by atomic mass is 10.2. The molecule has 0 aliphatic heterocycles. The first-order valence-corrected chi connectivity index (χ1v) is 6.38. The minimum absolute atomic E-state index is 0.293. The molecule has 0 aliphatic carbocycles. The van der Waals surface area contributed by atoms with Crippen LogP contribution in [0, 0.1) is 0 Å². The maximum Gasteiger partial charge on any atom is 0.119 e. The number of rotatable bonds is 6. The Hall–Kier alpha value is -2.00. The zero-order valence-electron chi connectivity index (χ0n) is 11.1. The summed E-state index contributed by atoms with van der Waals surface area (Å²) in [6.07, 6.45) is -0.523. The molecule has 0 fully saturated rings. The van der Waals surface area contributed by atoms with Gasteiger partial charge in [-0.15, -0.1) is 0 Å². The zero-order valence-corrected chi connectivity index (χ0v) is 11.1. The van der Waals surface area contributed by atoms with Crippen LogP contribution in [-0.2, 0) is 0 Å². The summed E-state index contributed by atoms with van der Waals surface area (Å²) >= 11 is 0. The molecule has 0 bridgehead atoms. The van der Waals surface area contributed by atoms with Gasteiger partial charge < -0.3 is 14.7 Å². The normalized spacial score (nSPS) is 11.9. The van der Waals surface area contributed by atoms with Gasteiger partial charge in [0, 0.05) is 19.3 Å². The van der Waals surface area contributed by atoms with E-state index < -0.39 is 6.10 Å². The summed E-state index contributed by atoms with van der Waals surface area (Å²) in [5.41, 5.74) is 1.08. The van der Waals surface area contributed by atoms with Crippen LogP contribution in [0.5, 0.6) is 5.75 Å². The fraction of sp³-hybridized carbons (Fsp3) is 0.250. The van der Waals surface area contributed by atoms with Crippen molar-refractivity contribution in [3.63, 3.8) is 0 Å². The van der Waals surface area contributed by atoms with Crippen molar-refractivity contribution in [1.82, 2.24) is 0 Å². The summed E-state index contributed by atoms with van der Waals surface area (Å²) in [5.74, 6) is 0.781. The molecule has 1 atom stereocenters. The molecule has 0 amide bonds. The minimum Gasteiger partial charge on any atom is -0.491 e. The van der Waals surface area contributed by atoms with Crippen LogP contribution >= 0.6 is 0 Å². The van der Waals surface area contributed by atoms with E-state index in [0.29, 0.717) is 13.2 Å². The standard InChI is InChI=1S/C16H19NO2/c1-17(14-8-4-2-5-9-14)12-15(18)13-19-16-10-6-3-7-11-16/h2-11,15,18H,12-13H2,1H3/t15-/m0/s1. The van der Waals surface area contributed by atoms with Gasteiger partial charge in [0.2, 0.25) is 0 Å². The molecular formula is C16H19NO2. The molecule has 2 aromatic rings. The van der Waals surface area contributed by atoms with Crippen molar-refractivity contribution in [3.8, 4) is 5.75 Å². The summed E-state index contributed by atoms with van der Waals surface area (Å²) in [6, 6.07) is 19.5. The third-order valence-electron chi connectivity index (χ3n) is 2.87. The minimum atomic E-state index is -0.523. The van der Waals surface area contributed by atoms with E-state index in [0.717, 1.165) is 11.4 Å². The van der Waals surface area contributed by atoms with E-state index in [4.69, 9.17) is 4.74 Å². The zero-order chi connectivity index (χ0) is 13.5. The fourth-order valence-electron chi connectivity index (χ4n) is 1.87. The number of hydrogen-bond donors (Lipinski definition) is 1. The van der Waals surface area contributed by atoms with E-state index in [1.54, 1.807) is 0 Å². The summed E-state index contributed by atoms with van der Waals surface area (Å²) in [5, 5.41) is 9.98. The number of aliphatic hydroxyl groups excluding tert-OH is 1. The second-order valence-corrected chi connectivity index (χ2v) is 4.49. The molecule has 1 N–H and O–H groups in total. The average Bonchev–Trinajstić information content (AvgIpc) is 2.47. The number of ether oxygens (including phenoxy) is 1. The fourth-order valence-corrected chi connectivity index (χ4v) is 1.87. The first kappa shape index (κ1) is 13.4. The van der Waals surface area contributed by atoms with Crippen LogP contribution in [0.1, 0.15) is 0 Å². The van der Waals surface area contributed by atoms with Crippen molar-refractivity contribution >= 4 is 5.69 Å². The van der Waals surface area contributed by atoms with Crippen LogP contribution in [0.2, 0.25) is 0 Å². The third-order valence-corrected chi connectivity index (χ3v) is 2.87. The Balaban J connectivity index is 1.80. The van der Waals surface area contributed by atoms with Crippen LogP contribution in [0.3, 0.4) is 0 Å². The summed E-state index contributed by atoms with van der Waals surface area (Å²) in [6.45, 7) is 0.831. The molecule has 0 unspecified atom stereocenters. The molecule has 2 rings (SSSR count). The molecule has 0 radical (unpaired) electrons. The number of likely N-dealkylation sites (N-methyl/N-ethyl adjacent to an activating group) is 1. The van der Waals surface area contributed by atoms with Crippen LogP contribution < -0.4 is 9.64 Å². The highest BCUT2D eigenvalue weighted by atomic mass is 16.5. The average molecular weight is 257 g/mol. The molecular weight excluding hydrogens is 238 g/mol. The van der Waals surface area contributed by atoms with Crippen LogP contribution in [0.15, 0.2) is 60.7 Å². The second kappa shape index (κ2) is 6.81. The Kier molecular flexibility index (Phi) is 4.81. The van der Waals surface area contributed by atoms with Gasteiger partial charge in [0.05, 0.1) is 0 Å². The molecule has 0 heterocycles. The highest BCUT2D eigenvalue weighted by Crippen LogP contribution is 2.12. The van der Waals surface area contributed by atoms with Gasteiger partial charge in [0.1, 0.15) is 18.5 Å². The molecule has 2 aromatic carbocycles. The van der Waals surface area contributed by atoms with Crippen molar-refractivity contribution < 1.29 is 9.84 Å². The molecule has 0 aliphatic rings. The number of benzene rings is 2. The summed E-state index contributed by atoms with van der Waals surface area (Å²) in [7, 11) is 1.96. The van der Waals surface area contributed by atoms with Crippen molar-refractivity contribution in [2.75, 3.05) is 25.1 Å². The molecule has 0 aromatic heterocycles. The van der Waals surface area contributed by atoms with E-state index in [9.17, 15) is 5.11 Å². The Bertz CT molecular complexity index is 473. The van der Waals surface area contributed by atoms with Crippen LogP contribution in [0.25, 0.3) is 0 Å². The van der Waals surface area contributed by atoms with Gasteiger partial charge in [-0.2, -0.15) is 0 Å². The van der Waals surface area contributed by atoms with Gasteiger partial charge in [0.15, 0.2) is 0 Å². The highest BCUT2D eigenvalue weighted by molar-refractivity contribution is 5.45. The van der Waals surface area contributed by atoms with E-state index in [-0.39, 0.29) is 0 Å².